The Balaban J connectivity index is 2.13. The number of anilines is 2. The monoisotopic (exact) mass is 317 g/mol. The third-order valence-electron chi connectivity index (χ3n) is 3.09. The summed E-state index contributed by atoms with van der Waals surface area (Å²) in [6, 6.07) is 7.91. The van der Waals surface area contributed by atoms with Gasteiger partial charge in [-0.2, -0.15) is 0 Å². The SMILES string of the molecule is Cc1oc2ncnc(Nc3ccccc3Br)c2c1C. The van der Waals surface area contributed by atoms with Crippen molar-refractivity contribution in [2.75, 3.05) is 5.32 Å². The van der Waals surface area contributed by atoms with Crippen molar-refractivity contribution in [1.29, 1.82) is 0 Å². The number of nitrogens with one attached hydrogen (secondary N) is 1. The van der Waals surface area contributed by atoms with Crippen LogP contribution in [0, 0.1) is 13.8 Å². The first kappa shape index (κ1) is 12.2. The van der Waals surface area contributed by atoms with E-state index in [1.54, 1.807) is 0 Å². The van der Waals surface area contributed by atoms with E-state index in [4.69, 9.17) is 4.42 Å². The number of fused-ring (bicyclic) bond motifs is 1. The number of furan rings is 1. The van der Waals surface area contributed by atoms with Crippen LogP contribution in [-0.4, -0.2) is 9.97 Å². The van der Waals surface area contributed by atoms with Gasteiger partial charge >= 0.3 is 0 Å². The summed E-state index contributed by atoms with van der Waals surface area (Å²) in [5, 5.41) is 4.24. The molecule has 0 aliphatic carbocycles. The summed E-state index contributed by atoms with van der Waals surface area (Å²) < 4.78 is 6.59. The molecule has 0 saturated heterocycles. The zero-order chi connectivity index (χ0) is 13.4. The molecule has 0 bridgehead atoms. The molecule has 5 heteroatoms. The molecule has 2 aromatic heterocycles. The van der Waals surface area contributed by atoms with Gasteiger partial charge in [-0.15, -0.1) is 0 Å². The molecule has 0 fully saturated rings. The number of para-hydroxylation sites is 1. The van der Waals surface area contributed by atoms with Crippen LogP contribution < -0.4 is 5.32 Å². The molecule has 1 aromatic carbocycles. The Kier molecular flexibility index (Phi) is 2.98. The van der Waals surface area contributed by atoms with E-state index >= 15 is 0 Å². The van der Waals surface area contributed by atoms with Crippen LogP contribution in [0.5, 0.6) is 0 Å². The molecule has 96 valence electrons. The molecular formula is C14H12BrN3O. The van der Waals surface area contributed by atoms with E-state index in [0.29, 0.717) is 5.71 Å². The number of hydrogen-bond donors (Lipinski definition) is 1. The second-order valence-corrected chi connectivity index (χ2v) is 5.14. The van der Waals surface area contributed by atoms with E-state index < -0.39 is 0 Å². The molecule has 0 amide bonds. The fraction of sp³-hybridized carbons (Fsp3) is 0.143. The van der Waals surface area contributed by atoms with Gasteiger partial charge < -0.3 is 9.73 Å². The average molecular weight is 318 g/mol. The Labute approximate surface area is 119 Å². The molecule has 1 N–H and O–H groups in total. The van der Waals surface area contributed by atoms with Gasteiger partial charge in [0.05, 0.1) is 11.1 Å². The summed E-state index contributed by atoms with van der Waals surface area (Å²) in [5.74, 6) is 1.62. The van der Waals surface area contributed by atoms with Crippen LogP contribution in [0.4, 0.5) is 11.5 Å². The summed E-state index contributed by atoms with van der Waals surface area (Å²) in [5.41, 5.74) is 2.63. The molecule has 0 saturated carbocycles. The van der Waals surface area contributed by atoms with Gasteiger partial charge in [-0.1, -0.05) is 12.1 Å². The molecule has 4 nitrogen and oxygen atoms in total. The normalized spacial score (nSPS) is 10.9. The minimum absolute atomic E-state index is 0.611. The zero-order valence-electron chi connectivity index (χ0n) is 10.6. The number of halogens is 1. The van der Waals surface area contributed by atoms with Gasteiger partial charge in [-0.25, -0.2) is 9.97 Å². The topological polar surface area (TPSA) is 51.0 Å². The maximum Gasteiger partial charge on any atom is 0.231 e. The lowest BCUT2D eigenvalue weighted by atomic mass is 10.2. The van der Waals surface area contributed by atoms with E-state index in [1.807, 2.05) is 38.1 Å². The van der Waals surface area contributed by atoms with Gasteiger partial charge in [-0.05, 0) is 41.9 Å². The van der Waals surface area contributed by atoms with Crippen molar-refractivity contribution >= 4 is 38.5 Å². The first-order chi connectivity index (χ1) is 9.16. The molecule has 3 rings (SSSR count). The first-order valence-electron chi connectivity index (χ1n) is 5.89. The van der Waals surface area contributed by atoms with Crippen molar-refractivity contribution in [2.24, 2.45) is 0 Å². The van der Waals surface area contributed by atoms with Gasteiger partial charge in [0, 0.05) is 10.0 Å². The van der Waals surface area contributed by atoms with Crippen LogP contribution in [-0.2, 0) is 0 Å². The third-order valence-corrected chi connectivity index (χ3v) is 3.78. The minimum atomic E-state index is 0.611. The largest absolute Gasteiger partial charge is 0.443 e. The molecule has 2 heterocycles. The van der Waals surface area contributed by atoms with E-state index in [1.165, 1.54) is 6.33 Å². The van der Waals surface area contributed by atoms with Crippen molar-refractivity contribution in [3.63, 3.8) is 0 Å². The first-order valence-corrected chi connectivity index (χ1v) is 6.68. The smallest absolute Gasteiger partial charge is 0.231 e. The van der Waals surface area contributed by atoms with Crippen LogP contribution in [0.3, 0.4) is 0 Å². The van der Waals surface area contributed by atoms with Gasteiger partial charge in [0.25, 0.3) is 0 Å². The average Bonchev–Trinajstić information content (AvgIpc) is 2.69. The van der Waals surface area contributed by atoms with Crippen LogP contribution in [0.15, 0.2) is 39.5 Å². The van der Waals surface area contributed by atoms with Crippen LogP contribution >= 0.6 is 15.9 Å². The number of rotatable bonds is 2. The quantitative estimate of drug-likeness (QED) is 0.763. The third kappa shape index (κ3) is 2.10. The molecular weight excluding hydrogens is 306 g/mol. The predicted octanol–water partition coefficient (Wildman–Crippen LogP) is 4.35. The summed E-state index contributed by atoms with van der Waals surface area (Å²) in [7, 11) is 0. The lowest BCUT2D eigenvalue weighted by molar-refractivity contribution is 0.564. The molecule has 0 aliphatic heterocycles. The highest BCUT2D eigenvalue weighted by Gasteiger charge is 2.14. The van der Waals surface area contributed by atoms with Crippen molar-refractivity contribution < 1.29 is 4.42 Å². The van der Waals surface area contributed by atoms with E-state index in [9.17, 15) is 0 Å². The van der Waals surface area contributed by atoms with Gasteiger partial charge in [0.2, 0.25) is 5.71 Å². The fourth-order valence-corrected chi connectivity index (χ4v) is 2.35. The highest BCUT2D eigenvalue weighted by molar-refractivity contribution is 9.10. The summed E-state index contributed by atoms with van der Waals surface area (Å²) >= 11 is 3.51. The summed E-state index contributed by atoms with van der Waals surface area (Å²) in [4.78, 5) is 8.47. The van der Waals surface area contributed by atoms with Crippen LogP contribution in [0.2, 0.25) is 0 Å². The van der Waals surface area contributed by atoms with Crippen molar-refractivity contribution in [2.45, 2.75) is 13.8 Å². The maximum absolute atomic E-state index is 5.60. The highest BCUT2D eigenvalue weighted by atomic mass is 79.9. The lowest BCUT2D eigenvalue weighted by Crippen LogP contribution is -1.96. The number of nitrogens with zero attached hydrogens (tertiary/aromatic N) is 2. The second kappa shape index (κ2) is 4.66. The highest BCUT2D eigenvalue weighted by Crippen LogP contribution is 2.31. The van der Waals surface area contributed by atoms with Crippen LogP contribution in [0.25, 0.3) is 11.1 Å². The Hall–Kier alpha value is -1.88. The Morgan fingerprint density at radius 2 is 1.95 bits per heavy atom. The number of hydrogen-bond acceptors (Lipinski definition) is 4. The number of aryl methyl sites for hydroxylation is 2. The van der Waals surface area contributed by atoms with Gasteiger partial charge in [-0.3, -0.25) is 0 Å². The Morgan fingerprint density at radius 3 is 2.74 bits per heavy atom. The maximum atomic E-state index is 5.60. The molecule has 0 radical (unpaired) electrons. The molecule has 0 spiro atoms. The lowest BCUT2D eigenvalue weighted by Gasteiger charge is -2.08. The van der Waals surface area contributed by atoms with E-state index in [2.05, 4.69) is 31.2 Å². The van der Waals surface area contributed by atoms with E-state index in [-0.39, 0.29) is 0 Å². The fourth-order valence-electron chi connectivity index (χ4n) is 1.97. The minimum Gasteiger partial charge on any atom is -0.443 e. The Bertz CT molecular complexity index is 752. The van der Waals surface area contributed by atoms with Crippen molar-refractivity contribution in [3.8, 4) is 0 Å². The zero-order valence-corrected chi connectivity index (χ0v) is 12.2. The van der Waals surface area contributed by atoms with Gasteiger partial charge in [0.1, 0.15) is 17.9 Å². The number of benzene rings is 1. The predicted molar refractivity (Wildman–Crippen MR) is 78.7 cm³/mol. The molecule has 0 aliphatic rings. The van der Waals surface area contributed by atoms with Gasteiger partial charge in [0.15, 0.2) is 0 Å². The Morgan fingerprint density at radius 1 is 1.16 bits per heavy atom. The summed E-state index contributed by atoms with van der Waals surface area (Å²) in [6.07, 6.45) is 1.50. The van der Waals surface area contributed by atoms with Crippen molar-refractivity contribution in [3.05, 3.63) is 46.4 Å². The molecule has 3 aromatic rings. The molecule has 19 heavy (non-hydrogen) atoms. The second-order valence-electron chi connectivity index (χ2n) is 4.29. The molecule has 0 atom stereocenters. The number of aromatic nitrogens is 2. The molecule has 0 unspecified atom stereocenters. The van der Waals surface area contributed by atoms with E-state index in [0.717, 1.165) is 32.7 Å². The van der Waals surface area contributed by atoms with Crippen molar-refractivity contribution in [1.82, 2.24) is 9.97 Å². The summed E-state index contributed by atoms with van der Waals surface area (Å²) in [6.45, 7) is 3.94. The van der Waals surface area contributed by atoms with Crippen LogP contribution in [0.1, 0.15) is 11.3 Å². The standard InChI is InChI=1S/C14H12BrN3O/c1-8-9(2)19-14-12(8)13(16-7-17-14)18-11-6-4-3-5-10(11)15/h3-7H,1-2H3,(H,16,17,18).